The fraction of sp³-hybridized carbons (Fsp3) is 0.263. The number of anilines is 2. The number of nitrogens with zero attached hydrogens (tertiary/aromatic N) is 5. The smallest absolute Gasteiger partial charge is 0.468 e. The third-order valence-corrected chi connectivity index (χ3v) is 4.81. The highest BCUT2D eigenvalue weighted by atomic mass is 16.4. The molecule has 0 spiro atoms. The molecule has 1 saturated heterocycles. The van der Waals surface area contributed by atoms with Crippen molar-refractivity contribution in [2.24, 2.45) is 0 Å². The SMILES string of the molecule is N#Cc1ccc(Nc2nccc([C@H]3CCCN3Cc3ccc(B(O)O)o3)n2)cn1. The Hall–Kier alpha value is -3.26. The molecule has 3 aromatic heterocycles. The zero-order chi connectivity index (χ0) is 20.2. The van der Waals surface area contributed by atoms with Gasteiger partial charge in [0, 0.05) is 6.20 Å². The Kier molecular flexibility index (Phi) is 5.53. The maximum atomic E-state index is 9.21. The van der Waals surface area contributed by atoms with Crippen LogP contribution in [0.1, 0.15) is 36.0 Å². The molecule has 4 rings (SSSR count). The average Bonchev–Trinajstić information content (AvgIpc) is 3.39. The van der Waals surface area contributed by atoms with E-state index in [0.29, 0.717) is 29.6 Å². The van der Waals surface area contributed by atoms with Gasteiger partial charge in [-0.25, -0.2) is 15.0 Å². The first-order valence-corrected chi connectivity index (χ1v) is 9.27. The van der Waals surface area contributed by atoms with E-state index in [9.17, 15) is 10.0 Å². The summed E-state index contributed by atoms with van der Waals surface area (Å²) in [6.45, 7) is 1.46. The molecule has 0 amide bonds. The number of rotatable bonds is 6. The Labute approximate surface area is 167 Å². The molecule has 1 fully saturated rings. The predicted molar refractivity (Wildman–Crippen MR) is 105 cm³/mol. The number of aromatic nitrogens is 3. The fourth-order valence-corrected chi connectivity index (χ4v) is 3.45. The van der Waals surface area contributed by atoms with E-state index in [-0.39, 0.29) is 11.7 Å². The van der Waals surface area contributed by atoms with E-state index in [4.69, 9.17) is 9.68 Å². The van der Waals surface area contributed by atoms with E-state index in [2.05, 4.69) is 25.2 Å². The van der Waals surface area contributed by atoms with Crippen molar-refractivity contribution in [3.05, 3.63) is 59.9 Å². The second-order valence-electron chi connectivity index (χ2n) is 6.78. The number of pyridine rings is 1. The van der Waals surface area contributed by atoms with Gasteiger partial charge in [0.05, 0.1) is 30.2 Å². The minimum Gasteiger partial charge on any atom is -0.468 e. The molecule has 1 aliphatic heterocycles. The zero-order valence-corrected chi connectivity index (χ0v) is 15.6. The molecular weight excluding hydrogens is 371 g/mol. The molecule has 0 aromatic carbocycles. The van der Waals surface area contributed by atoms with Gasteiger partial charge in [-0.05, 0) is 49.7 Å². The van der Waals surface area contributed by atoms with Crippen molar-refractivity contribution in [1.82, 2.24) is 19.9 Å². The van der Waals surface area contributed by atoms with E-state index in [1.807, 2.05) is 12.1 Å². The molecule has 10 heteroatoms. The summed E-state index contributed by atoms with van der Waals surface area (Å²) in [5, 5.41) is 30.4. The second kappa shape index (κ2) is 8.40. The Bertz CT molecular complexity index is 1020. The number of furan rings is 1. The Morgan fingerprint density at radius 3 is 2.86 bits per heavy atom. The predicted octanol–water partition coefficient (Wildman–Crippen LogP) is 1.10. The van der Waals surface area contributed by atoms with Gasteiger partial charge in [0.1, 0.15) is 23.2 Å². The van der Waals surface area contributed by atoms with Gasteiger partial charge in [-0.1, -0.05) is 0 Å². The summed E-state index contributed by atoms with van der Waals surface area (Å²) >= 11 is 0. The lowest BCUT2D eigenvalue weighted by atomic mass is 9.88. The van der Waals surface area contributed by atoms with Crippen LogP contribution in [-0.2, 0) is 6.54 Å². The molecule has 0 unspecified atom stereocenters. The van der Waals surface area contributed by atoms with Gasteiger partial charge >= 0.3 is 7.12 Å². The number of hydrogen-bond donors (Lipinski definition) is 3. The van der Waals surface area contributed by atoms with Crippen LogP contribution in [0, 0.1) is 11.3 Å². The van der Waals surface area contributed by atoms with E-state index >= 15 is 0 Å². The van der Waals surface area contributed by atoms with Crippen molar-refractivity contribution in [2.75, 3.05) is 11.9 Å². The van der Waals surface area contributed by atoms with Crippen LogP contribution in [0.5, 0.6) is 0 Å². The molecule has 1 aliphatic rings. The summed E-state index contributed by atoms with van der Waals surface area (Å²) in [5.41, 5.74) is 2.09. The summed E-state index contributed by atoms with van der Waals surface area (Å²) in [6.07, 6.45) is 5.28. The third-order valence-electron chi connectivity index (χ3n) is 4.81. The standard InChI is InChI=1S/C19H19BN6O3/c21-10-13-3-4-14(11-23-13)24-19-22-8-7-16(25-19)17-2-1-9-26(17)12-15-5-6-18(29-15)20(27)28/h3-8,11,17,27-28H,1-2,9,12H2,(H,22,24,25)/t17-/m1/s1. The van der Waals surface area contributed by atoms with Gasteiger partial charge in [-0.15, -0.1) is 0 Å². The lowest BCUT2D eigenvalue weighted by Crippen LogP contribution is -2.28. The third kappa shape index (κ3) is 4.43. The molecule has 0 radical (unpaired) electrons. The van der Waals surface area contributed by atoms with E-state index < -0.39 is 7.12 Å². The van der Waals surface area contributed by atoms with E-state index in [0.717, 1.165) is 25.1 Å². The Balaban J connectivity index is 1.47. The van der Waals surface area contributed by atoms with Gasteiger partial charge in [0.15, 0.2) is 0 Å². The van der Waals surface area contributed by atoms with Crippen molar-refractivity contribution < 1.29 is 14.5 Å². The molecule has 0 saturated carbocycles. The topological polar surface area (TPSA) is 131 Å². The van der Waals surface area contributed by atoms with Crippen LogP contribution >= 0.6 is 0 Å². The molecule has 0 bridgehead atoms. The molecule has 3 aromatic rings. The van der Waals surface area contributed by atoms with Gasteiger partial charge < -0.3 is 19.8 Å². The van der Waals surface area contributed by atoms with Gasteiger partial charge in [0.2, 0.25) is 5.95 Å². The van der Waals surface area contributed by atoms with Crippen LogP contribution in [0.4, 0.5) is 11.6 Å². The zero-order valence-electron chi connectivity index (χ0n) is 15.6. The van der Waals surface area contributed by atoms with Crippen LogP contribution < -0.4 is 11.0 Å². The van der Waals surface area contributed by atoms with E-state index in [1.165, 1.54) is 0 Å². The normalized spacial score (nSPS) is 16.5. The van der Waals surface area contributed by atoms with Gasteiger partial charge in [-0.2, -0.15) is 5.26 Å². The van der Waals surface area contributed by atoms with E-state index in [1.54, 1.807) is 36.7 Å². The number of nitriles is 1. The van der Waals surface area contributed by atoms with Crippen molar-refractivity contribution in [2.45, 2.75) is 25.4 Å². The van der Waals surface area contributed by atoms with Crippen LogP contribution in [0.25, 0.3) is 0 Å². The van der Waals surface area contributed by atoms with Crippen molar-refractivity contribution in [3.8, 4) is 6.07 Å². The van der Waals surface area contributed by atoms with Gasteiger partial charge in [-0.3, -0.25) is 4.90 Å². The van der Waals surface area contributed by atoms with Crippen LogP contribution in [0.15, 0.2) is 47.1 Å². The summed E-state index contributed by atoms with van der Waals surface area (Å²) in [7, 11) is -1.61. The second-order valence-corrected chi connectivity index (χ2v) is 6.78. The minimum absolute atomic E-state index is 0.116. The lowest BCUT2D eigenvalue weighted by molar-refractivity contribution is 0.225. The summed E-state index contributed by atoms with van der Waals surface area (Å²) < 4.78 is 5.50. The Morgan fingerprint density at radius 1 is 1.24 bits per heavy atom. The molecule has 0 aliphatic carbocycles. The number of hydrogen-bond acceptors (Lipinski definition) is 9. The Morgan fingerprint density at radius 2 is 2.14 bits per heavy atom. The summed E-state index contributed by atoms with van der Waals surface area (Å²) in [6, 6.07) is 10.7. The molecular formula is C19H19BN6O3. The highest BCUT2D eigenvalue weighted by molar-refractivity contribution is 6.56. The largest absolute Gasteiger partial charge is 0.526 e. The monoisotopic (exact) mass is 390 g/mol. The highest BCUT2D eigenvalue weighted by Gasteiger charge is 2.28. The minimum atomic E-state index is -1.61. The molecule has 4 heterocycles. The number of likely N-dealkylation sites (tertiary alicyclic amines) is 1. The molecule has 3 N–H and O–H groups in total. The average molecular weight is 390 g/mol. The lowest BCUT2D eigenvalue weighted by Gasteiger charge is -2.23. The first-order chi connectivity index (χ1) is 14.1. The highest BCUT2D eigenvalue weighted by Crippen LogP contribution is 2.32. The first-order valence-electron chi connectivity index (χ1n) is 9.27. The van der Waals surface area contributed by atoms with Crippen LogP contribution in [-0.4, -0.2) is 43.6 Å². The van der Waals surface area contributed by atoms with Crippen molar-refractivity contribution in [1.29, 1.82) is 5.26 Å². The molecule has 146 valence electrons. The summed E-state index contributed by atoms with van der Waals surface area (Å²) in [5.74, 6) is 1.14. The van der Waals surface area contributed by atoms with Crippen LogP contribution in [0.3, 0.4) is 0 Å². The quantitative estimate of drug-likeness (QED) is 0.530. The maximum Gasteiger partial charge on any atom is 0.526 e. The van der Waals surface area contributed by atoms with Crippen LogP contribution in [0.2, 0.25) is 0 Å². The van der Waals surface area contributed by atoms with Crippen molar-refractivity contribution in [3.63, 3.8) is 0 Å². The van der Waals surface area contributed by atoms with Crippen molar-refractivity contribution >= 4 is 24.4 Å². The molecule has 1 atom stereocenters. The first kappa shape index (κ1) is 19.1. The summed E-state index contributed by atoms with van der Waals surface area (Å²) in [4.78, 5) is 15.2. The fourth-order valence-electron chi connectivity index (χ4n) is 3.45. The molecule has 29 heavy (non-hydrogen) atoms. The number of nitrogens with one attached hydrogen (secondary N) is 1. The van der Waals surface area contributed by atoms with Gasteiger partial charge in [0.25, 0.3) is 0 Å². The molecule has 9 nitrogen and oxygen atoms in total. The maximum absolute atomic E-state index is 9.21.